The molecule has 4 rings (SSSR count). The van der Waals surface area contributed by atoms with E-state index in [2.05, 4.69) is 5.32 Å². The number of hydrogen-bond acceptors (Lipinski definition) is 5. The van der Waals surface area contributed by atoms with E-state index in [1.54, 1.807) is 5.01 Å². The molecule has 1 saturated heterocycles. The summed E-state index contributed by atoms with van der Waals surface area (Å²) in [6.45, 7) is 0.322. The molecule has 0 saturated carbocycles. The van der Waals surface area contributed by atoms with Crippen LogP contribution in [-0.4, -0.2) is 51.9 Å². The summed E-state index contributed by atoms with van der Waals surface area (Å²) in [5, 5.41) is 14.3. The zero-order chi connectivity index (χ0) is 24.0. The summed E-state index contributed by atoms with van der Waals surface area (Å²) in [6.07, 6.45) is 1.95. The second kappa shape index (κ2) is 8.41. The molecule has 8 nitrogen and oxygen atoms in total. The Morgan fingerprint density at radius 1 is 1.18 bits per heavy atom. The first-order chi connectivity index (χ1) is 15.6. The zero-order valence-corrected chi connectivity index (χ0v) is 17.4. The second-order valence-electron chi connectivity index (χ2n) is 8.03. The van der Waals surface area contributed by atoms with Crippen LogP contribution in [0.25, 0.3) is 0 Å². The highest BCUT2D eigenvalue weighted by atomic mass is 19.1. The first-order valence-electron chi connectivity index (χ1n) is 10.2. The zero-order valence-electron chi connectivity index (χ0n) is 17.4. The van der Waals surface area contributed by atoms with Gasteiger partial charge in [0.05, 0.1) is 6.04 Å². The van der Waals surface area contributed by atoms with Crippen LogP contribution in [-0.2, 0) is 6.54 Å². The van der Waals surface area contributed by atoms with Crippen molar-refractivity contribution in [1.82, 2.24) is 14.9 Å². The van der Waals surface area contributed by atoms with E-state index in [9.17, 15) is 37.1 Å². The molecule has 33 heavy (non-hydrogen) atoms. The number of alkyl halides is 1. The number of carbonyl (C=O) groups excluding carboxylic acids is 2. The number of amides is 2. The van der Waals surface area contributed by atoms with Crippen molar-refractivity contribution in [3.63, 3.8) is 0 Å². The lowest BCUT2D eigenvalue weighted by molar-refractivity contribution is 0.0581. The summed E-state index contributed by atoms with van der Waals surface area (Å²) < 4.78 is 55.5. The minimum atomic E-state index is -1.22. The fourth-order valence-corrected chi connectivity index (χ4v) is 4.11. The fourth-order valence-electron chi connectivity index (χ4n) is 4.11. The van der Waals surface area contributed by atoms with Crippen LogP contribution in [0.15, 0.2) is 23.1 Å². The Labute approximate surface area is 185 Å². The summed E-state index contributed by atoms with van der Waals surface area (Å²) in [4.78, 5) is 39.5. The molecule has 2 bridgehead atoms. The van der Waals surface area contributed by atoms with Gasteiger partial charge in [0.2, 0.25) is 5.43 Å². The molecular weight excluding hydrogens is 448 g/mol. The van der Waals surface area contributed by atoms with Crippen LogP contribution < -0.4 is 15.8 Å². The van der Waals surface area contributed by atoms with Gasteiger partial charge in [-0.25, -0.2) is 17.6 Å². The number of rotatable bonds is 4. The van der Waals surface area contributed by atoms with Crippen LogP contribution >= 0.6 is 0 Å². The third-order valence-corrected chi connectivity index (χ3v) is 6.02. The van der Waals surface area contributed by atoms with E-state index in [-0.39, 0.29) is 12.7 Å². The number of hydrogen-bond donors (Lipinski definition) is 2. The molecule has 1 aromatic heterocycles. The van der Waals surface area contributed by atoms with Gasteiger partial charge in [0.15, 0.2) is 11.4 Å². The molecule has 2 aliphatic rings. The van der Waals surface area contributed by atoms with Gasteiger partial charge in [0, 0.05) is 36.5 Å². The first kappa shape index (κ1) is 22.6. The van der Waals surface area contributed by atoms with Crippen molar-refractivity contribution >= 4 is 11.8 Å². The van der Waals surface area contributed by atoms with Crippen molar-refractivity contribution < 1.29 is 32.3 Å². The van der Waals surface area contributed by atoms with Crippen molar-refractivity contribution in [2.24, 2.45) is 0 Å². The highest BCUT2D eigenvalue weighted by molar-refractivity contribution is 5.99. The Morgan fingerprint density at radius 3 is 2.48 bits per heavy atom. The fraction of sp³-hybridized carbons (Fsp3) is 0.381. The maximum atomic E-state index is 13.8. The van der Waals surface area contributed by atoms with Crippen molar-refractivity contribution in [3.05, 3.63) is 62.8 Å². The average Bonchev–Trinajstić information content (AvgIpc) is 2.90. The minimum absolute atomic E-state index is 0.0169. The Hall–Kier alpha value is -3.57. The average molecular weight is 468 g/mol. The first-order valence-corrected chi connectivity index (χ1v) is 10.2. The lowest BCUT2D eigenvalue weighted by atomic mass is 10.1. The van der Waals surface area contributed by atoms with E-state index in [0.29, 0.717) is 25.0 Å². The van der Waals surface area contributed by atoms with E-state index in [0.717, 1.165) is 6.20 Å². The lowest BCUT2D eigenvalue weighted by Gasteiger charge is -2.41. The van der Waals surface area contributed by atoms with E-state index in [4.69, 9.17) is 0 Å². The second-order valence-corrected chi connectivity index (χ2v) is 8.03. The monoisotopic (exact) mass is 468 g/mol. The molecule has 0 spiro atoms. The van der Waals surface area contributed by atoms with E-state index in [1.807, 2.05) is 6.92 Å². The Morgan fingerprint density at radius 2 is 1.85 bits per heavy atom. The molecular formula is C21H20F4N4O4. The van der Waals surface area contributed by atoms with Crippen molar-refractivity contribution in [1.29, 1.82) is 0 Å². The molecule has 0 radical (unpaired) electrons. The maximum absolute atomic E-state index is 13.8. The molecule has 3 heterocycles. The van der Waals surface area contributed by atoms with Gasteiger partial charge in [0.25, 0.3) is 11.8 Å². The van der Waals surface area contributed by atoms with Crippen molar-refractivity contribution in [3.8, 4) is 5.75 Å². The predicted molar refractivity (Wildman–Crippen MR) is 108 cm³/mol. The van der Waals surface area contributed by atoms with Crippen LogP contribution in [0.2, 0.25) is 0 Å². The van der Waals surface area contributed by atoms with Crippen LogP contribution in [0, 0.1) is 17.5 Å². The number of halogens is 4. The number of nitrogens with zero attached hydrogens (tertiary/aromatic N) is 3. The van der Waals surface area contributed by atoms with Crippen LogP contribution in [0.1, 0.15) is 46.2 Å². The van der Waals surface area contributed by atoms with E-state index >= 15 is 0 Å². The number of carbonyl (C=O) groups is 2. The number of aromatic hydroxyl groups is 1. The topological polar surface area (TPSA) is 94.9 Å². The van der Waals surface area contributed by atoms with Gasteiger partial charge in [0.1, 0.15) is 36.4 Å². The van der Waals surface area contributed by atoms with Gasteiger partial charge in [-0.15, -0.1) is 0 Å². The lowest BCUT2D eigenvalue weighted by Crippen LogP contribution is -2.58. The van der Waals surface area contributed by atoms with Gasteiger partial charge in [-0.3, -0.25) is 24.1 Å². The number of nitrogens with one attached hydrogen (secondary N) is 1. The third kappa shape index (κ3) is 3.79. The smallest absolute Gasteiger partial charge is 0.278 e. The molecule has 2 amide bonds. The number of pyridine rings is 1. The highest BCUT2D eigenvalue weighted by Crippen LogP contribution is 2.29. The Balaban J connectivity index is 1.70. The van der Waals surface area contributed by atoms with Gasteiger partial charge < -0.3 is 15.3 Å². The van der Waals surface area contributed by atoms with Gasteiger partial charge >= 0.3 is 0 Å². The molecule has 1 fully saturated rings. The highest BCUT2D eigenvalue weighted by Gasteiger charge is 2.41. The van der Waals surface area contributed by atoms with Gasteiger partial charge in [-0.2, -0.15) is 0 Å². The summed E-state index contributed by atoms with van der Waals surface area (Å²) in [6, 6.07) is -0.0345. The molecule has 2 atom stereocenters. The van der Waals surface area contributed by atoms with Gasteiger partial charge in [-0.05, 0) is 19.8 Å². The minimum Gasteiger partial charge on any atom is -0.502 e. The van der Waals surface area contributed by atoms with Gasteiger partial charge in [-0.1, -0.05) is 0 Å². The Bertz CT molecular complexity index is 1180. The molecule has 2 aromatic rings. The van der Waals surface area contributed by atoms with Crippen molar-refractivity contribution in [2.45, 2.75) is 38.4 Å². The SMILES string of the molecule is C[C@@H]1CC[C@H](CF)N2CN1n1cc(C(=O)NCc3c(F)cc(F)cc3F)c(=O)c(O)c1C2=O. The quantitative estimate of drug-likeness (QED) is 0.668. The standard InChI is InChI=1S/C21H20F4N4O4/c1-10-2-3-12(6-22)27-9-29(10)28-8-14(18(30)19(31)17(28)21(27)33)20(32)26-7-13-15(24)4-11(23)5-16(13)25/h4-5,8,10,12,31H,2-3,6-7,9H2,1H3,(H,26,32)/t10-,12-/m1/s1. The molecule has 12 heteroatoms. The summed E-state index contributed by atoms with van der Waals surface area (Å²) in [5.41, 5.74) is -2.75. The Kier molecular flexibility index (Phi) is 5.76. The predicted octanol–water partition coefficient (Wildman–Crippen LogP) is 1.77. The number of fused-ring (bicyclic) bond motifs is 4. The summed E-state index contributed by atoms with van der Waals surface area (Å²) in [5.74, 6) is -6.37. The number of aromatic nitrogens is 1. The van der Waals surface area contributed by atoms with E-state index in [1.165, 1.54) is 9.58 Å². The largest absolute Gasteiger partial charge is 0.502 e. The summed E-state index contributed by atoms with van der Waals surface area (Å²) >= 11 is 0. The number of benzene rings is 1. The molecule has 0 aliphatic carbocycles. The molecule has 2 N–H and O–H groups in total. The molecule has 0 unspecified atom stereocenters. The molecule has 176 valence electrons. The normalized spacial score (nSPS) is 19.8. The summed E-state index contributed by atoms with van der Waals surface area (Å²) in [7, 11) is 0. The van der Waals surface area contributed by atoms with E-state index < -0.39 is 76.5 Å². The van der Waals surface area contributed by atoms with Crippen LogP contribution in [0.3, 0.4) is 0 Å². The van der Waals surface area contributed by atoms with Crippen LogP contribution in [0.5, 0.6) is 5.75 Å². The molecule has 1 aromatic carbocycles. The third-order valence-electron chi connectivity index (χ3n) is 6.02. The molecule has 2 aliphatic heterocycles. The maximum Gasteiger partial charge on any atom is 0.278 e. The van der Waals surface area contributed by atoms with Crippen molar-refractivity contribution in [2.75, 3.05) is 18.4 Å². The van der Waals surface area contributed by atoms with Crippen LogP contribution in [0.4, 0.5) is 17.6 Å².